The number of rotatable bonds is 3. The molecule has 1 aliphatic heterocycles. The van der Waals surface area contributed by atoms with Gasteiger partial charge in [-0.2, -0.15) is 0 Å². The van der Waals surface area contributed by atoms with Crippen molar-refractivity contribution in [2.24, 2.45) is 10.9 Å². The van der Waals surface area contributed by atoms with Crippen molar-refractivity contribution in [1.82, 2.24) is 5.32 Å². The van der Waals surface area contributed by atoms with Crippen LogP contribution in [0.4, 0.5) is 5.69 Å². The number of anilines is 1. The van der Waals surface area contributed by atoms with Gasteiger partial charge in [-0.1, -0.05) is 19.1 Å². The number of nitrogens with two attached hydrogens (primary N) is 1. The minimum atomic E-state index is 0.466. The van der Waals surface area contributed by atoms with E-state index >= 15 is 0 Å². The Kier molecular flexibility index (Phi) is 3.56. The summed E-state index contributed by atoms with van der Waals surface area (Å²) in [4.78, 5) is 4.50. The number of nitrogen functional groups attached to an aromatic ring is 1. The monoisotopic (exact) mass is 257 g/mol. The van der Waals surface area contributed by atoms with Crippen LogP contribution in [-0.2, 0) is 0 Å². The van der Waals surface area contributed by atoms with Crippen LogP contribution in [0.3, 0.4) is 0 Å². The van der Waals surface area contributed by atoms with Crippen molar-refractivity contribution >= 4 is 11.9 Å². The molecule has 3 N–H and O–H groups in total. The molecule has 0 spiro atoms. The van der Waals surface area contributed by atoms with Crippen LogP contribution in [0.25, 0.3) is 0 Å². The standard InChI is InChI=1S/C16H23N3/c1-11-2-7-16(19-9-11)12-3-4-13(15(17)8-12)10-18-14-5-6-14/h3-4,8,10-11,14,16,19H,2,5-7,9,17H2,1H3/t11-,16+/m0/s1. The van der Waals surface area contributed by atoms with Crippen LogP contribution in [0.1, 0.15) is 49.8 Å². The summed E-state index contributed by atoms with van der Waals surface area (Å²) in [6.07, 6.45) is 6.91. The fraction of sp³-hybridized carbons (Fsp3) is 0.562. The maximum atomic E-state index is 6.14. The molecule has 1 aromatic carbocycles. The number of piperidine rings is 1. The summed E-state index contributed by atoms with van der Waals surface area (Å²) in [5.74, 6) is 0.790. The topological polar surface area (TPSA) is 50.4 Å². The Morgan fingerprint density at radius 1 is 1.26 bits per heavy atom. The summed E-state index contributed by atoms with van der Waals surface area (Å²) in [6.45, 7) is 3.41. The summed E-state index contributed by atoms with van der Waals surface area (Å²) in [5, 5.41) is 3.60. The Balaban J connectivity index is 1.71. The molecule has 0 amide bonds. The molecule has 0 bridgehead atoms. The Labute approximate surface area is 115 Å². The highest BCUT2D eigenvalue weighted by Crippen LogP contribution is 2.28. The van der Waals surface area contributed by atoms with Gasteiger partial charge >= 0.3 is 0 Å². The summed E-state index contributed by atoms with van der Waals surface area (Å²) in [5.41, 5.74) is 9.36. The van der Waals surface area contributed by atoms with E-state index < -0.39 is 0 Å². The SMILES string of the molecule is C[C@H]1CC[C@H](c2ccc(C=NC3CC3)c(N)c2)NC1. The first kappa shape index (κ1) is 12.7. The Bertz CT molecular complexity index is 469. The first-order valence-corrected chi connectivity index (χ1v) is 7.38. The third-order valence-electron chi connectivity index (χ3n) is 4.15. The van der Waals surface area contributed by atoms with Crippen molar-refractivity contribution in [3.8, 4) is 0 Å². The van der Waals surface area contributed by atoms with E-state index in [1.165, 1.54) is 31.2 Å². The van der Waals surface area contributed by atoms with Crippen molar-refractivity contribution in [3.05, 3.63) is 29.3 Å². The van der Waals surface area contributed by atoms with E-state index in [2.05, 4.69) is 35.4 Å². The average molecular weight is 257 g/mol. The van der Waals surface area contributed by atoms with Crippen LogP contribution < -0.4 is 11.1 Å². The van der Waals surface area contributed by atoms with Crippen LogP contribution >= 0.6 is 0 Å². The van der Waals surface area contributed by atoms with Crippen molar-refractivity contribution in [2.75, 3.05) is 12.3 Å². The highest BCUT2D eigenvalue weighted by atomic mass is 14.9. The van der Waals surface area contributed by atoms with E-state index in [-0.39, 0.29) is 0 Å². The summed E-state index contributed by atoms with van der Waals surface area (Å²) >= 11 is 0. The van der Waals surface area contributed by atoms with Crippen LogP contribution in [0, 0.1) is 5.92 Å². The lowest BCUT2D eigenvalue weighted by molar-refractivity contribution is 0.333. The van der Waals surface area contributed by atoms with E-state index in [1.54, 1.807) is 0 Å². The van der Waals surface area contributed by atoms with Crippen LogP contribution in [-0.4, -0.2) is 18.8 Å². The van der Waals surface area contributed by atoms with E-state index in [9.17, 15) is 0 Å². The van der Waals surface area contributed by atoms with Crippen LogP contribution in [0.5, 0.6) is 0 Å². The van der Waals surface area contributed by atoms with Gasteiger partial charge in [0.25, 0.3) is 0 Å². The van der Waals surface area contributed by atoms with E-state index in [0.29, 0.717) is 12.1 Å². The predicted molar refractivity (Wildman–Crippen MR) is 80.6 cm³/mol. The molecular formula is C16H23N3. The maximum Gasteiger partial charge on any atom is 0.0501 e. The first-order valence-electron chi connectivity index (χ1n) is 7.38. The third kappa shape index (κ3) is 3.16. The van der Waals surface area contributed by atoms with Gasteiger partial charge in [-0.15, -0.1) is 0 Å². The van der Waals surface area contributed by atoms with Gasteiger partial charge in [0.1, 0.15) is 0 Å². The number of hydrogen-bond acceptors (Lipinski definition) is 3. The zero-order valence-corrected chi connectivity index (χ0v) is 11.6. The van der Waals surface area contributed by atoms with Gasteiger partial charge in [0.2, 0.25) is 0 Å². The number of benzene rings is 1. The fourth-order valence-corrected chi connectivity index (χ4v) is 2.62. The Morgan fingerprint density at radius 2 is 2.11 bits per heavy atom. The zero-order chi connectivity index (χ0) is 13.2. The molecule has 0 unspecified atom stereocenters. The summed E-state index contributed by atoms with van der Waals surface area (Å²) < 4.78 is 0. The van der Waals surface area contributed by atoms with Gasteiger partial charge < -0.3 is 11.1 Å². The summed E-state index contributed by atoms with van der Waals surface area (Å²) in [6, 6.07) is 7.43. The smallest absolute Gasteiger partial charge is 0.0501 e. The van der Waals surface area contributed by atoms with Gasteiger partial charge in [0.05, 0.1) is 6.04 Å². The zero-order valence-electron chi connectivity index (χ0n) is 11.6. The van der Waals surface area contributed by atoms with E-state index in [0.717, 1.165) is 23.7 Å². The number of aliphatic imine (C=N–C) groups is 1. The second kappa shape index (κ2) is 5.33. The van der Waals surface area contributed by atoms with Crippen molar-refractivity contribution < 1.29 is 0 Å². The number of nitrogens with zero attached hydrogens (tertiary/aromatic N) is 1. The average Bonchev–Trinajstić information content (AvgIpc) is 3.22. The van der Waals surface area contributed by atoms with Crippen molar-refractivity contribution in [1.29, 1.82) is 0 Å². The fourth-order valence-electron chi connectivity index (χ4n) is 2.62. The van der Waals surface area contributed by atoms with Crippen LogP contribution in [0.2, 0.25) is 0 Å². The molecule has 2 atom stereocenters. The number of hydrogen-bond donors (Lipinski definition) is 2. The molecular weight excluding hydrogens is 234 g/mol. The third-order valence-corrected chi connectivity index (χ3v) is 4.15. The Morgan fingerprint density at radius 3 is 2.74 bits per heavy atom. The quantitative estimate of drug-likeness (QED) is 0.646. The van der Waals surface area contributed by atoms with Gasteiger partial charge in [-0.3, -0.25) is 4.99 Å². The molecule has 0 aromatic heterocycles. The van der Waals surface area contributed by atoms with Crippen LogP contribution in [0.15, 0.2) is 23.2 Å². The largest absolute Gasteiger partial charge is 0.398 e. The lowest BCUT2D eigenvalue weighted by atomic mass is 9.91. The molecule has 0 radical (unpaired) electrons. The minimum Gasteiger partial charge on any atom is -0.398 e. The lowest BCUT2D eigenvalue weighted by Gasteiger charge is -2.28. The molecule has 2 fully saturated rings. The van der Waals surface area contributed by atoms with Crippen molar-refractivity contribution in [3.63, 3.8) is 0 Å². The second-order valence-corrected chi connectivity index (χ2v) is 6.04. The number of nitrogens with one attached hydrogen (secondary N) is 1. The van der Waals surface area contributed by atoms with Gasteiger partial charge in [-0.05, 0) is 49.8 Å². The molecule has 1 heterocycles. The molecule has 3 rings (SSSR count). The van der Waals surface area contributed by atoms with E-state index in [4.69, 9.17) is 5.73 Å². The minimum absolute atomic E-state index is 0.466. The molecule has 2 aliphatic rings. The van der Waals surface area contributed by atoms with Gasteiger partial charge in [0.15, 0.2) is 0 Å². The summed E-state index contributed by atoms with van der Waals surface area (Å²) in [7, 11) is 0. The second-order valence-electron chi connectivity index (χ2n) is 6.04. The lowest BCUT2D eigenvalue weighted by Crippen LogP contribution is -2.31. The van der Waals surface area contributed by atoms with E-state index in [1.807, 2.05) is 6.21 Å². The molecule has 1 saturated heterocycles. The highest BCUT2D eigenvalue weighted by Gasteiger charge is 2.20. The highest BCUT2D eigenvalue weighted by molar-refractivity contribution is 5.87. The normalized spacial score (nSPS) is 27.8. The molecule has 102 valence electrons. The van der Waals surface area contributed by atoms with Crippen molar-refractivity contribution in [2.45, 2.75) is 44.7 Å². The molecule has 1 aliphatic carbocycles. The molecule has 1 saturated carbocycles. The Hall–Kier alpha value is -1.35. The first-order chi connectivity index (χ1) is 9.22. The molecule has 3 nitrogen and oxygen atoms in total. The molecule has 19 heavy (non-hydrogen) atoms. The maximum absolute atomic E-state index is 6.14. The molecule has 1 aromatic rings. The van der Waals surface area contributed by atoms with Gasteiger partial charge in [0, 0.05) is 23.5 Å². The van der Waals surface area contributed by atoms with Gasteiger partial charge in [-0.25, -0.2) is 0 Å². The molecule has 3 heteroatoms. The predicted octanol–water partition coefficient (Wildman–Crippen LogP) is 2.91.